The predicted octanol–water partition coefficient (Wildman–Crippen LogP) is 2.13. The van der Waals surface area contributed by atoms with Gasteiger partial charge in [-0.25, -0.2) is 4.39 Å². The van der Waals surface area contributed by atoms with Crippen LogP contribution in [0.25, 0.3) is 0 Å². The molecule has 2 rings (SSSR count). The number of Topliss-reactive ketones (excluding diaryl/α,β-unsaturated/α-hetero) is 1. The van der Waals surface area contributed by atoms with Crippen molar-refractivity contribution in [2.24, 2.45) is 5.92 Å². The molecule has 2 nitrogen and oxygen atoms in total. The van der Waals surface area contributed by atoms with Gasteiger partial charge in [-0.05, 0) is 5.56 Å². The Labute approximate surface area is 88.1 Å². The van der Waals surface area contributed by atoms with Gasteiger partial charge in [0, 0.05) is 12.3 Å². The molecule has 1 saturated carbocycles. The van der Waals surface area contributed by atoms with E-state index in [4.69, 9.17) is 4.74 Å². The quantitative estimate of drug-likeness (QED) is 0.757. The van der Waals surface area contributed by atoms with E-state index in [9.17, 15) is 9.18 Å². The molecule has 2 atom stereocenters. The van der Waals surface area contributed by atoms with Gasteiger partial charge in [0.1, 0.15) is 0 Å². The Balaban J connectivity index is 1.70. The van der Waals surface area contributed by atoms with Gasteiger partial charge in [0.25, 0.3) is 0 Å². The fourth-order valence-electron chi connectivity index (χ4n) is 1.62. The molecule has 1 aromatic rings. The van der Waals surface area contributed by atoms with Crippen molar-refractivity contribution < 1.29 is 13.9 Å². The average molecular weight is 208 g/mol. The Bertz CT molecular complexity index is 337. The van der Waals surface area contributed by atoms with Crippen LogP contribution in [0.1, 0.15) is 12.0 Å². The first-order chi connectivity index (χ1) is 7.27. The second kappa shape index (κ2) is 4.53. The summed E-state index contributed by atoms with van der Waals surface area (Å²) >= 11 is 0. The van der Waals surface area contributed by atoms with E-state index in [1.165, 1.54) is 0 Å². The summed E-state index contributed by atoms with van der Waals surface area (Å²) in [6.45, 7) is 0.819. The highest BCUT2D eigenvalue weighted by molar-refractivity contribution is 5.89. The van der Waals surface area contributed by atoms with Gasteiger partial charge in [0.2, 0.25) is 0 Å². The Kier molecular flexibility index (Phi) is 3.11. The second-order valence-electron chi connectivity index (χ2n) is 3.83. The molecule has 0 saturated heterocycles. The monoisotopic (exact) mass is 208 g/mol. The van der Waals surface area contributed by atoms with E-state index in [2.05, 4.69) is 0 Å². The lowest BCUT2D eigenvalue weighted by atomic mass is 9.82. The lowest BCUT2D eigenvalue weighted by Gasteiger charge is -2.28. The van der Waals surface area contributed by atoms with E-state index in [1.54, 1.807) is 0 Å². The molecule has 3 heteroatoms. The first-order valence-electron chi connectivity index (χ1n) is 5.06. The van der Waals surface area contributed by atoms with Crippen LogP contribution in [0.3, 0.4) is 0 Å². The molecule has 0 N–H and O–H groups in total. The molecule has 1 aliphatic rings. The lowest BCUT2D eigenvalue weighted by Crippen LogP contribution is -2.41. The maximum absolute atomic E-state index is 12.9. The standard InChI is InChI=1S/C12H13FO2/c13-12-10(6-11(12)14)8-15-7-9-4-2-1-3-5-9/h1-5,10,12H,6-8H2/t10-,12-/m0/s1. The first-order valence-corrected chi connectivity index (χ1v) is 5.06. The fraction of sp³-hybridized carbons (Fsp3) is 0.417. The minimum Gasteiger partial charge on any atom is -0.376 e. The molecule has 0 aliphatic heterocycles. The third-order valence-corrected chi connectivity index (χ3v) is 2.63. The third kappa shape index (κ3) is 2.42. The smallest absolute Gasteiger partial charge is 0.167 e. The van der Waals surface area contributed by atoms with E-state index in [1.807, 2.05) is 30.3 Å². The van der Waals surface area contributed by atoms with E-state index in [0.717, 1.165) is 5.56 Å². The van der Waals surface area contributed by atoms with Crippen LogP contribution < -0.4 is 0 Å². The van der Waals surface area contributed by atoms with Gasteiger partial charge in [-0.15, -0.1) is 0 Å². The Morgan fingerprint density at radius 1 is 1.33 bits per heavy atom. The number of carbonyl (C=O) groups excluding carboxylic acids is 1. The number of alkyl halides is 1. The van der Waals surface area contributed by atoms with Crippen molar-refractivity contribution in [2.75, 3.05) is 6.61 Å². The number of rotatable bonds is 4. The highest BCUT2D eigenvalue weighted by atomic mass is 19.1. The van der Waals surface area contributed by atoms with Gasteiger partial charge in [-0.1, -0.05) is 30.3 Å². The SMILES string of the molecule is O=C1C[C@@H](COCc2ccccc2)[C@@H]1F. The number of hydrogen-bond acceptors (Lipinski definition) is 2. The first kappa shape index (κ1) is 10.3. The van der Waals surface area contributed by atoms with Gasteiger partial charge < -0.3 is 4.74 Å². The molecule has 0 unspecified atom stereocenters. The molecule has 0 bridgehead atoms. The third-order valence-electron chi connectivity index (χ3n) is 2.63. The summed E-state index contributed by atoms with van der Waals surface area (Å²) < 4.78 is 18.2. The Hall–Kier alpha value is -1.22. The fourth-order valence-corrected chi connectivity index (χ4v) is 1.62. The van der Waals surface area contributed by atoms with E-state index in [0.29, 0.717) is 19.6 Å². The summed E-state index contributed by atoms with van der Waals surface area (Å²) in [5.74, 6) is -0.510. The van der Waals surface area contributed by atoms with E-state index >= 15 is 0 Å². The van der Waals surface area contributed by atoms with Gasteiger partial charge in [0.05, 0.1) is 13.2 Å². The van der Waals surface area contributed by atoms with Crippen LogP contribution in [0.15, 0.2) is 30.3 Å². The van der Waals surface area contributed by atoms with Crippen molar-refractivity contribution in [1.82, 2.24) is 0 Å². The predicted molar refractivity (Wildman–Crippen MR) is 54.1 cm³/mol. The zero-order valence-electron chi connectivity index (χ0n) is 8.36. The molecule has 0 heterocycles. The van der Waals surface area contributed by atoms with Crippen molar-refractivity contribution in [3.05, 3.63) is 35.9 Å². The summed E-state index contributed by atoms with van der Waals surface area (Å²) in [4.78, 5) is 10.6. The molecule has 0 radical (unpaired) electrons. The largest absolute Gasteiger partial charge is 0.376 e. The number of hydrogen-bond donors (Lipinski definition) is 0. The van der Waals surface area contributed by atoms with Crippen LogP contribution in [0, 0.1) is 5.92 Å². The molecule has 0 amide bonds. The number of carbonyl (C=O) groups is 1. The zero-order valence-corrected chi connectivity index (χ0v) is 8.36. The molecule has 0 aromatic heterocycles. The molecule has 1 fully saturated rings. The number of benzene rings is 1. The van der Waals surface area contributed by atoms with Crippen molar-refractivity contribution in [1.29, 1.82) is 0 Å². The normalized spacial score (nSPS) is 25.0. The number of ether oxygens (including phenoxy) is 1. The molecule has 15 heavy (non-hydrogen) atoms. The highest BCUT2D eigenvalue weighted by Crippen LogP contribution is 2.27. The van der Waals surface area contributed by atoms with Gasteiger partial charge in [0.15, 0.2) is 12.0 Å². The van der Waals surface area contributed by atoms with Crippen LogP contribution in [0.2, 0.25) is 0 Å². The van der Waals surface area contributed by atoms with Crippen LogP contribution >= 0.6 is 0 Å². The molecular formula is C12H13FO2. The lowest BCUT2D eigenvalue weighted by molar-refractivity contribution is -0.138. The van der Waals surface area contributed by atoms with Crippen LogP contribution in [-0.2, 0) is 16.1 Å². The van der Waals surface area contributed by atoms with Crippen molar-refractivity contribution in [3.63, 3.8) is 0 Å². The summed E-state index contributed by atoms with van der Waals surface area (Å²) in [6, 6.07) is 9.72. The molecular weight excluding hydrogens is 195 g/mol. The molecule has 0 spiro atoms. The molecule has 80 valence electrons. The van der Waals surface area contributed by atoms with Gasteiger partial charge >= 0.3 is 0 Å². The van der Waals surface area contributed by atoms with Crippen molar-refractivity contribution >= 4 is 5.78 Å². The number of halogens is 1. The minimum absolute atomic E-state index is 0.221. The van der Waals surface area contributed by atoms with Crippen LogP contribution in [-0.4, -0.2) is 18.6 Å². The maximum Gasteiger partial charge on any atom is 0.167 e. The second-order valence-corrected chi connectivity index (χ2v) is 3.83. The van der Waals surface area contributed by atoms with Crippen molar-refractivity contribution in [2.45, 2.75) is 19.2 Å². The maximum atomic E-state index is 12.9. The van der Waals surface area contributed by atoms with Crippen LogP contribution in [0.4, 0.5) is 4.39 Å². The highest BCUT2D eigenvalue weighted by Gasteiger charge is 2.39. The van der Waals surface area contributed by atoms with Crippen LogP contribution in [0.5, 0.6) is 0 Å². The summed E-state index contributed by atoms with van der Waals surface area (Å²) in [5, 5.41) is 0. The van der Waals surface area contributed by atoms with E-state index < -0.39 is 6.17 Å². The Morgan fingerprint density at radius 2 is 2.07 bits per heavy atom. The Morgan fingerprint density at radius 3 is 2.67 bits per heavy atom. The molecule has 1 aromatic carbocycles. The zero-order chi connectivity index (χ0) is 10.7. The van der Waals surface area contributed by atoms with Gasteiger partial charge in [-0.3, -0.25) is 4.79 Å². The summed E-state index contributed by atoms with van der Waals surface area (Å²) in [6.07, 6.45) is -0.962. The summed E-state index contributed by atoms with van der Waals surface area (Å²) in [5.41, 5.74) is 1.07. The van der Waals surface area contributed by atoms with Crippen molar-refractivity contribution in [3.8, 4) is 0 Å². The van der Waals surface area contributed by atoms with Gasteiger partial charge in [-0.2, -0.15) is 0 Å². The van der Waals surface area contributed by atoms with E-state index in [-0.39, 0.29) is 11.7 Å². The minimum atomic E-state index is -1.29. The topological polar surface area (TPSA) is 26.3 Å². The number of ketones is 1. The molecule has 1 aliphatic carbocycles. The average Bonchev–Trinajstić information content (AvgIpc) is 2.29. The summed E-state index contributed by atoms with van der Waals surface area (Å²) in [7, 11) is 0.